The van der Waals surface area contributed by atoms with E-state index in [2.05, 4.69) is 25.6 Å². The molecule has 2 amide bonds. The molecule has 1 aliphatic rings. The van der Waals surface area contributed by atoms with Gasteiger partial charge in [-0.25, -0.2) is 14.8 Å². The number of hydrogen-bond donors (Lipinski definition) is 3. The Hall–Kier alpha value is -3.46. The summed E-state index contributed by atoms with van der Waals surface area (Å²) in [6.07, 6.45) is 5.95. The highest BCUT2D eigenvalue weighted by molar-refractivity contribution is 6.07. The van der Waals surface area contributed by atoms with Gasteiger partial charge >= 0.3 is 6.09 Å². The van der Waals surface area contributed by atoms with Crippen molar-refractivity contribution in [3.05, 3.63) is 47.9 Å². The maximum absolute atomic E-state index is 13.0. The van der Waals surface area contributed by atoms with Crippen molar-refractivity contribution in [1.29, 1.82) is 0 Å². The normalized spacial score (nSPS) is 18.1. The van der Waals surface area contributed by atoms with E-state index in [0.29, 0.717) is 24.3 Å². The number of amides is 2. The van der Waals surface area contributed by atoms with Crippen LogP contribution < -0.4 is 10.6 Å². The number of H-pyrrole nitrogens is 1. The Labute approximate surface area is 192 Å². The van der Waals surface area contributed by atoms with Crippen LogP contribution in [0.25, 0.3) is 22.3 Å². The molecule has 1 aliphatic carbocycles. The Morgan fingerprint density at radius 1 is 1.12 bits per heavy atom. The summed E-state index contributed by atoms with van der Waals surface area (Å²) < 4.78 is 10.2. The number of benzene rings is 1. The van der Waals surface area contributed by atoms with Crippen LogP contribution in [0.2, 0.25) is 0 Å². The van der Waals surface area contributed by atoms with Crippen molar-refractivity contribution in [2.45, 2.75) is 51.3 Å². The number of rotatable bonds is 7. The Morgan fingerprint density at radius 2 is 1.88 bits per heavy atom. The standard InChI is InChI=1S/C24H29N5O4/c1-3-33-24(31)29-18-9-7-17(8-10-18)28-23(30)19-12-25-22-20(26-14-27-21(19)22)16-6-4-5-15(11-16)13-32-2/h4-6,11-12,14,17-18,25H,3,7-10,13H2,1-2H3,(H,28,30)(H,29,31). The topological polar surface area (TPSA) is 118 Å². The SMILES string of the molecule is CCOC(=O)NC1CCC(NC(=O)c2c[nH]c3c(-c4cccc(COC)c4)ncnc23)CC1. The number of nitrogens with zero attached hydrogens (tertiary/aromatic N) is 2. The summed E-state index contributed by atoms with van der Waals surface area (Å²) in [5, 5.41) is 5.99. The van der Waals surface area contributed by atoms with E-state index in [1.807, 2.05) is 24.3 Å². The van der Waals surface area contributed by atoms with E-state index in [1.54, 1.807) is 20.2 Å². The molecule has 1 aromatic carbocycles. The number of ether oxygens (including phenoxy) is 2. The van der Waals surface area contributed by atoms with Crippen molar-refractivity contribution in [2.75, 3.05) is 13.7 Å². The van der Waals surface area contributed by atoms with E-state index in [9.17, 15) is 9.59 Å². The van der Waals surface area contributed by atoms with E-state index in [4.69, 9.17) is 9.47 Å². The average molecular weight is 452 g/mol. The minimum atomic E-state index is -0.382. The Balaban J connectivity index is 1.44. The van der Waals surface area contributed by atoms with Crippen molar-refractivity contribution < 1.29 is 19.1 Å². The van der Waals surface area contributed by atoms with Gasteiger partial charge in [-0.15, -0.1) is 0 Å². The number of alkyl carbamates (subject to hydrolysis) is 1. The molecule has 0 bridgehead atoms. The van der Waals surface area contributed by atoms with Crippen LogP contribution in [0.1, 0.15) is 48.5 Å². The minimum Gasteiger partial charge on any atom is -0.450 e. The molecule has 0 radical (unpaired) electrons. The summed E-state index contributed by atoms with van der Waals surface area (Å²) >= 11 is 0. The van der Waals surface area contributed by atoms with Crippen molar-refractivity contribution in [1.82, 2.24) is 25.6 Å². The lowest BCUT2D eigenvalue weighted by molar-refractivity contribution is 0.0923. The molecule has 33 heavy (non-hydrogen) atoms. The number of aromatic amines is 1. The molecule has 0 unspecified atom stereocenters. The number of methoxy groups -OCH3 is 1. The van der Waals surface area contributed by atoms with Gasteiger partial charge in [0.25, 0.3) is 5.91 Å². The zero-order chi connectivity index (χ0) is 23.2. The summed E-state index contributed by atoms with van der Waals surface area (Å²) in [7, 11) is 1.66. The Morgan fingerprint density at radius 3 is 2.61 bits per heavy atom. The summed E-state index contributed by atoms with van der Waals surface area (Å²) in [4.78, 5) is 36.6. The van der Waals surface area contributed by atoms with Crippen LogP contribution in [0, 0.1) is 0 Å². The first-order chi connectivity index (χ1) is 16.1. The van der Waals surface area contributed by atoms with Gasteiger partial charge in [0.15, 0.2) is 0 Å². The Bertz CT molecular complexity index is 1120. The monoisotopic (exact) mass is 451 g/mol. The van der Waals surface area contributed by atoms with Gasteiger partial charge in [-0.2, -0.15) is 0 Å². The van der Waals surface area contributed by atoms with Crippen LogP contribution in [0.5, 0.6) is 0 Å². The van der Waals surface area contributed by atoms with Crippen molar-refractivity contribution in [2.24, 2.45) is 0 Å². The lowest BCUT2D eigenvalue weighted by atomic mass is 9.91. The number of carbonyl (C=O) groups excluding carboxylic acids is 2. The molecule has 3 aromatic rings. The first-order valence-electron chi connectivity index (χ1n) is 11.2. The van der Waals surface area contributed by atoms with E-state index < -0.39 is 0 Å². The molecule has 3 N–H and O–H groups in total. The average Bonchev–Trinajstić information content (AvgIpc) is 3.25. The van der Waals surface area contributed by atoms with Gasteiger partial charge in [0.1, 0.15) is 11.8 Å². The number of aromatic nitrogens is 3. The molecule has 0 saturated heterocycles. The van der Waals surface area contributed by atoms with Crippen LogP contribution >= 0.6 is 0 Å². The summed E-state index contributed by atoms with van der Waals surface area (Å²) in [6, 6.07) is 8.08. The third-order valence-electron chi connectivity index (χ3n) is 5.88. The molecular weight excluding hydrogens is 422 g/mol. The van der Waals surface area contributed by atoms with Crippen LogP contribution in [-0.2, 0) is 16.1 Å². The van der Waals surface area contributed by atoms with Gasteiger partial charge in [-0.1, -0.05) is 18.2 Å². The zero-order valence-electron chi connectivity index (χ0n) is 18.9. The fraction of sp³-hybridized carbons (Fsp3) is 0.417. The maximum atomic E-state index is 13.0. The summed E-state index contributed by atoms with van der Waals surface area (Å²) in [5.41, 5.74) is 4.51. The molecule has 0 atom stereocenters. The predicted molar refractivity (Wildman–Crippen MR) is 124 cm³/mol. The number of hydrogen-bond acceptors (Lipinski definition) is 6. The first kappa shape index (κ1) is 22.7. The molecule has 1 saturated carbocycles. The van der Waals surface area contributed by atoms with Crippen LogP contribution in [0.4, 0.5) is 4.79 Å². The lowest BCUT2D eigenvalue weighted by Gasteiger charge is -2.29. The fourth-order valence-electron chi connectivity index (χ4n) is 4.29. The zero-order valence-corrected chi connectivity index (χ0v) is 18.9. The number of carbonyl (C=O) groups is 2. The lowest BCUT2D eigenvalue weighted by Crippen LogP contribution is -2.43. The Kier molecular flexibility index (Phi) is 7.19. The second-order valence-corrected chi connectivity index (χ2v) is 8.17. The highest BCUT2D eigenvalue weighted by atomic mass is 16.5. The van der Waals surface area contributed by atoms with Crippen molar-refractivity contribution in [3.63, 3.8) is 0 Å². The fourth-order valence-corrected chi connectivity index (χ4v) is 4.29. The third kappa shape index (κ3) is 5.31. The van der Waals surface area contributed by atoms with Crippen LogP contribution in [0.15, 0.2) is 36.8 Å². The van der Waals surface area contributed by atoms with Crippen molar-refractivity contribution in [3.8, 4) is 11.3 Å². The predicted octanol–water partition coefficient (Wildman–Crippen LogP) is 3.56. The van der Waals surface area contributed by atoms with E-state index in [0.717, 1.165) is 48.0 Å². The largest absolute Gasteiger partial charge is 0.450 e. The van der Waals surface area contributed by atoms with Crippen molar-refractivity contribution >= 4 is 23.0 Å². The van der Waals surface area contributed by atoms with E-state index in [1.165, 1.54) is 6.33 Å². The van der Waals surface area contributed by atoms with Gasteiger partial charge in [-0.3, -0.25) is 4.79 Å². The quantitative estimate of drug-likeness (QED) is 0.506. The van der Waals surface area contributed by atoms with Gasteiger partial charge in [0.05, 0.1) is 30.0 Å². The molecule has 174 valence electrons. The smallest absolute Gasteiger partial charge is 0.407 e. The highest BCUT2D eigenvalue weighted by Gasteiger charge is 2.25. The van der Waals surface area contributed by atoms with Gasteiger partial charge in [0.2, 0.25) is 0 Å². The minimum absolute atomic E-state index is 0.0507. The van der Waals surface area contributed by atoms with Crippen LogP contribution in [0.3, 0.4) is 0 Å². The second-order valence-electron chi connectivity index (χ2n) is 8.17. The molecule has 1 fully saturated rings. The third-order valence-corrected chi connectivity index (χ3v) is 5.88. The molecular formula is C24H29N5O4. The van der Waals surface area contributed by atoms with E-state index >= 15 is 0 Å². The first-order valence-corrected chi connectivity index (χ1v) is 11.2. The van der Waals surface area contributed by atoms with Gasteiger partial charge in [0, 0.05) is 31.0 Å². The molecule has 2 heterocycles. The second kappa shape index (κ2) is 10.4. The number of nitrogens with one attached hydrogen (secondary N) is 3. The molecule has 0 spiro atoms. The number of fused-ring (bicyclic) bond motifs is 1. The molecule has 2 aromatic heterocycles. The van der Waals surface area contributed by atoms with E-state index in [-0.39, 0.29) is 24.1 Å². The molecule has 0 aliphatic heterocycles. The molecule has 9 nitrogen and oxygen atoms in total. The maximum Gasteiger partial charge on any atom is 0.407 e. The van der Waals surface area contributed by atoms with Crippen LogP contribution in [-0.4, -0.2) is 52.8 Å². The van der Waals surface area contributed by atoms with Gasteiger partial charge < -0.3 is 25.1 Å². The summed E-state index contributed by atoms with van der Waals surface area (Å²) in [5.74, 6) is -0.166. The van der Waals surface area contributed by atoms with Gasteiger partial charge in [-0.05, 0) is 44.2 Å². The molecule has 4 rings (SSSR count). The molecule has 9 heteroatoms. The summed E-state index contributed by atoms with van der Waals surface area (Å²) in [6.45, 7) is 2.65. The highest BCUT2D eigenvalue weighted by Crippen LogP contribution is 2.27.